The minimum absolute atomic E-state index is 0.0769. The van der Waals surface area contributed by atoms with Crippen molar-refractivity contribution in [3.05, 3.63) is 42.7 Å². The number of benzene rings is 1. The van der Waals surface area contributed by atoms with Crippen molar-refractivity contribution in [3.8, 4) is 22.9 Å². The van der Waals surface area contributed by atoms with Crippen LogP contribution in [0.15, 0.2) is 42.7 Å². The first-order chi connectivity index (χ1) is 8.24. The van der Waals surface area contributed by atoms with Gasteiger partial charge in [-0.3, -0.25) is 4.40 Å². The molecule has 5 heteroatoms. The van der Waals surface area contributed by atoms with Crippen molar-refractivity contribution in [2.24, 2.45) is 0 Å². The number of aromatic hydroxyl groups is 2. The maximum atomic E-state index is 9.72. The number of phenols is 1. The Morgan fingerprint density at radius 2 is 1.82 bits per heavy atom. The molecule has 2 aromatic heterocycles. The molecule has 0 aliphatic heterocycles. The molecule has 0 atom stereocenters. The van der Waals surface area contributed by atoms with Crippen LogP contribution in [0.3, 0.4) is 0 Å². The number of phenolic OH excluding ortho intramolecular Hbond substituents is 1. The highest BCUT2D eigenvalue weighted by atomic mass is 16.3. The second kappa shape index (κ2) is 3.48. The number of rotatable bonds is 1. The smallest absolute Gasteiger partial charge is 0.237 e. The standard InChI is InChI=1S/C12H9N3O2/c16-10-4-2-1-3-8(10)9-7-15-6-5-11(17)14-12(15)13-9/h1-7,16H,(H,13,14,17). The van der Waals surface area contributed by atoms with Gasteiger partial charge in [0.15, 0.2) is 0 Å². The van der Waals surface area contributed by atoms with Crippen LogP contribution < -0.4 is 0 Å². The van der Waals surface area contributed by atoms with Crippen LogP contribution >= 0.6 is 0 Å². The minimum Gasteiger partial charge on any atom is -0.507 e. The molecule has 0 unspecified atom stereocenters. The molecule has 0 fully saturated rings. The molecule has 2 heterocycles. The lowest BCUT2D eigenvalue weighted by Crippen LogP contribution is -1.85. The fourth-order valence-corrected chi connectivity index (χ4v) is 1.68. The molecule has 0 saturated heterocycles. The summed E-state index contributed by atoms with van der Waals surface area (Å²) in [7, 11) is 0. The first kappa shape index (κ1) is 9.65. The number of hydrogen-bond donors (Lipinski definition) is 2. The SMILES string of the molecule is Oc1ccn2cc(-c3ccccc3O)nc2n1. The Morgan fingerprint density at radius 3 is 2.65 bits per heavy atom. The maximum absolute atomic E-state index is 9.72. The van der Waals surface area contributed by atoms with Crippen LogP contribution in [0.1, 0.15) is 0 Å². The Balaban J connectivity index is 2.22. The highest BCUT2D eigenvalue weighted by Crippen LogP contribution is 2.27. The number of hydrogen-bond acceptors (Lipinski definition) is 4. The fourth-order valence-electron chi connectivity index (χ4n) is 1.68. The molecule has 3 aromatic rings. The summed E-state index contributed by atoms with van der Waals surface area (Å²) in [6.45, 7) is 0. The highest BCUT2D eigenvalue weighted by molar-refractivity contribution is 5.67. The van der Waals surface area contributed by atoms with Crippen molar-refractivity contribution >= 4 is 5.78 Å². The van der Waals surface area contributed by atoms with Gasteiger partial charge in [-0.1, -0.05) is 12.1 Å². The number of fused-ring (bicyclic) bond motifs is 1. The molecule has 0 amide bonds. The van der Waals surface area contributed by atoms with Gasteiger partial charge in [-0.25, -0.2) is 4.98 Å². The number of imidazole rings is 1. The summed E-state index contributed by atoms with van der Waals surface area (Å²) in [6.07, 6.45) is 3.41. The lowest BCUT2D eigenvalue weighted by Gasteiger charge is -1.98. The summed E-state index contributed by atoms with van der Waals surface area (Å²) in [5, 5.41) is 19.0. The Hall–Kier alpha value is -2.56. The maximum Gasteiger partial charge on any atom is 0.237 e. The molecule has 0 aliphatic rings. The quantitative estimate of drug-likeness (QED) is 0.665. The van der Waals surface area contributed by atoms with E-state index in [-0.39, 0.29) is 11.6 Å². The molecule has 0 radical (unpaired) electrons. The lowest BCUT2D eigenvalue weighted by molar-refractivity contribution is 0.453. The van der Waals surface area contributed by atoms with E-state index in [0.717, 1.165) is 0 Å². The third-order valence-corrected chi connectivity index (χ3v) is 2.49. The van der Waals surface area contributed by atoms with Gasteiger partial charge in [0, 0.05) is 24.0 Å². The third-order valence-electron chi connectivity index (χ3n) is 2.49. The molecule has 5 nitrogen and oxygen atoms in total. The van der Waals surface area contributed by atoms with E-state index in [1.165, 1.54) is 6.07 Å². The number of aromatic nitrogens is 3. The second-order valence-electron chi connectivity index (χ2n) is 3.64. The molecule has 1 aromatic carbocycles. The van der Waals surface area contributed by atoms with Crippen molar-refractivity contribution < 1.29 is 10.2 Å². The predicted octanol–water partition coefficient (Wildman–Crippen LogP) is 1.81. The van der Waals surface area contributed by atoms with E-state index >= 15 is 0 Å². The first-order valence-corrected chi connectivity index (χ1v) is 5.07. The largest absolute Gasteiger partial charge is 0.507 e. The minimum atomic E-state index is -0.0769. The summed E-state index contributed by atoms with van der Waals surface area (Å²) >= 11 is 0. The highest BCUT2D eigenvalue weighted by Gasteiger charge is 2.08. The summed E-state index contributed by atoms with van der Waals surface area (Å²) in [5.74, 6) is 0.482. The normalized spacial score (nSPS) is 10.8. The Labute approximate surface area is 96.6 Å². The van der Waals surface area contributed by atoms with E-state index in [1.807, 2.05) is 6.07 Å². The second-order valence-corrected chi connectivity index (χ2v) is 3.64. The van der Waals surface area contributed by atoms with E-state index in [1.54, 1.807) is 35.0 Å². The summed E-state index contributed by atoms with van der Waals surface area (Å²) < 4.78 is 1.68. The topological polar surface area (TPSA) is 70.7 Å². The number of nitrogens with zero attached hydrogens (tertiary/aromatic N) is 3. The van der Waals surface area contributed by atoms with Gasteiger partial charge in [-0.15, -0.1) is 0 Å². The molecular formula is C12H9N3O2. The molecule has 3 rings (SSSR count). The van der Waals surface area contributed by atoms with Gasteiger partial charge in [-0.2, -0.15) is 4.98 Å². The van der Waals surface area contributed by atoms with E-state index in [4.69, 9.17) is 0 Å². The molecular weight excluding hydrogens is 218 g/mol. The zero-order chi connectivity index (χ0) is 11.8. The Kier molecular flexibility index (Phi) is 1.98. The zero-order valence-corrected chi connectivity index (χ0v) is 8.78. The molecule has 84 valence electrons. The van der Waals surface area contributed by atoms with E-state index < -0.39 is 0 Å². The molecule has 0 spiro atoms. The first-order valence-electron chi connectivity index (χ1n) is 5.07. The summed E-state index contributed by atoms with van der Waals surface area (Å²) in [5.41, 5.74) is 1.25. The molecule has 0 saturated carbocycles. The van der Waals surface area contributed by atoms with Gasteiger partial charge >= 0.3 is 0 Å². The van der Waals surface area contributed by atoms with Gasteiger partial charge in [0.25, 0.3) is 0 Å². The van der Waals surface area contributed by atoms with Crippen molar-refractivity contribution in [1.82, 2.24) is 14.4 Å². The molecule has 17 heavy (non-hydrogen) atoms. The van der Waals surface area contributed by atoms with E-state index in [9.17, 15) is 10.2 Å². The zero-order valence-electron chi connectivity index (χ0n) is 8.78. The van der Waals surface area contributed by atoms with Crippen molar-refractivity contribution in [2.75, 3.05) is 0 Å². The van der Waals surface area contributed by atoms with Gasteiger partial charge in [0.2, 0.25) is 11.7 Å². The van der Waals surface area contributed by atoms with Gasteiger partial charge < -0.3 is 10.2 Å². The fraction of sp³-hybridized carbons (Fsp3) is 0. The Morgan fingerprint density at radius 1 is 1.00 bits per heavy atom. The van der Waals surface area contributed by atoms with Gasteiger partial charge in [0.05, 0.1) is 5.69 Å². The van der Waals surface area contributed by atoms with Crippen molar-refractivity contribution in [1.29, 1.82) is 0 Å². The van der Waals surface area contributed by atoms with E-state index in [0.29, 0.717) is 17.0 Å². The molecule has 0 aliphatic carbocycles. The van der Waals surface area contributed by atoms with Crippen LogP contribution in [0.2, 0.25) is 0 Å². The van der Waals surface area contributed by atoms with Crippen LogP contribution in [0, 0.1) is 0 Å². The van der Waals surface area contributed by atoms with Gasteiger partial charge in [-0.05, 0) is 12.1 Å². The average Bonchev–Trinajstić information content (AvgIpc) is 2.72. The average molecular weight is 227 g/mol. The van der Waals surface area contributed by atoms with Crippen LogP contribution in [-0.2, 0) is 0 Å². The third kappa shape index (κ3) is 1.57. The van der Waals surface area contributed by atoms with Crippen LogP contribution in [-0.4, -0.2) is 24.6 Å². The van der Waals surface area contributed by atoms with Crippen LogP contribution in [0.4, 0.5) is 0 Å². The summed E-state index contributed by atoms with van der Waals surface area (Å²) in [4.78, 5) is 8.11. The van der Waals surface area contributed by atoms with Crippen molar-refractivity contribution in [3.63, 3.8) is 0 Å². The lowest BCUT2D eigenvalue weighted by atomic mass is 10.1. The van der Waals surface area contributed by atoms with Crippen LogP contribution in [0.25, 0.3) is 17.0 Å². The molecule has 0 bridgehead atoms. The Bertz CT molecular complexity index is 691. The summed E-state index contributed by atoms with van der Waals surface area (Å²) in [6, 6.07) is 8.42. The van der Waals surface area contributed by atoms with Gasteiger partial charge in [0.1, 0.15) is 5.75 Å². The van der Waals surface area contributed by atoms with Crippen LogP contribution in [0.5, 0.6) is 11.6 Å². The predicted molar refractivity (Wildman–Crippen MR) is 61.8 cm³/mol. The number of para-hydroxylation sites is 1. The monoisotopic (exact) mass is 227 g/mol. The van der Waals surface area contributed by atoms with Crippen molar-refractivity contribution in [2.45, 2.75) is 0 Å². The van der Waals surface area contributed by atoms with E-state index in [2.05, 4.69) is 9.97 Å². The molecule has 2 N–H and O–H groups in total.